The summed E-state index contributed by atoms with van der Waals surface area (Å²) in [6.45, 7) is 10.1. The molecule has 132 valence electrons. The van der Waals surface area contributed by atoms with Crippen molar-refractivity contribution in [1.29, 1.82) is 0 Å². The van der Waals surface area contributed by atoms with Crippen molar-refractivity contribution in [3.63, 3.8) is 0 Å². The van der Waals surface area contributed by atoms with Gasteiger partial charge in [0.2, 0.25) is 5.76 Å². The molecular weight excluding hydrogens is 336 g/mol. The van der Waals surface area contributed by atoms with E-state index in [9.17, 15) is 14.7 Å². The molecule has 5 nitrogen and oxygen atoms in total. The van der Waals surface area contributed by atoms with E-state index in [1.54, 1.807) is 6.92 Å². The molecule has 0 spiro atoms. The highest BCUT2D eigenvalue weighted by Crippen LogP contribution is 2.43. The second-order valence-corrected chi connectivity index (χ2v) is 8.29. The Morgan fingerprint density at radius 3 is 2.39 bits per heavy atom. The van der Waals surface area contributed by atoms with Crippen LogP contribution in [-0.4, -0.2) is 46.5 Å². The Morgan fingerprint density at radius 1 is 1.26 bits per heavy atom. The molecule has 7 heteroatoms. The molecule has 1 aliphatic heterocycles. The Balaban J connectivity index is 3.08. The summed E-state index contributed by atoms with van der Waals surface area (Å²) in [6, 6.07) is 0. The number of esters is 2. The minimum Gasteiger partial charge on any atom is -0.501 e. The highest BCUT2D eigenvalue weighted by Gasteiger charge is 2.55. The molecule has 1 unspecified atom stereocenters. The van der Waals surface area contributed by atoms with E-state index in [2.05, 4.69) is 13.8 Å². The van der Waals surface area contributed by atoms with Crippen LogP contribution >= 0.6 is 23.5 Å². The van der Waals surface area contributed by atoms with Gasteiger partial charge in [-0.25, -0.2) is 9.59 Å². The third-order valence-electron chi connectivity index (χ3n) is 2.96. The number of thioether (sulfide) groups is 2. The summed E-state index contributed by atoms with van der Waals surface area (Å²) < 4.78 is 10.5. The molecule has 0 aromatic heterocycles. The van der Waals surface area contributed by atoms with Crippen molar-refractivity contribution in [3.8, 4) is 0 Å². The number of ether oxygens (including phenoxy) is 2. The third-order valence-corrected chi connectivity index (χ3v) is 6.12. The second kappa shape index (κ2) is 8.87. The van der Waals surface area contributed by atoms with Crippen LogP contribution in [0.3, 0.4) is 0 Å². The molecule has 1 heterocycles. The van der Waals surface area contributed by atoms with Gasteiger partial charge in [-0.3, -0.25) is 0 Å². The molecule has 0 saturated heterocycles. The summed E-state index contributed by atoms with van der Waals surface area (Å²) in [5.74, 6) is 0.608. The molecule has 23 heavy (non-hydrogen) atoms. The number of hydrogen-bond donors (Lipinski definition) is 1. The Labute approximate surface area is 146 Å². The first-order valence-corrected chi connectivity index (χ1v) is 9.93. The molecule has 1 rings (SSSR count). The summed E-state index contributed by atoms with van der Waals surface area (Å²) in [7, 11) is 0. The first-order valence-electron chi connectivity index (χ1n) is 7.79. The van der Waals surface area contributed by atoms with Gasteiger partial charge in [0.25, 0.3) is 5.60 Å². The van der Waals surface area contributed by atoms with Crippen molar-refractivity contribution < 1.29 is 24.2 Å². The monoisotopic (exact) mass is 362 g/mol. The van der Waals surface area contributed by atoms with Crippen molar-refractivity contribution in [3.05, 3.63) is 10.7 Å². The predicted molar refractivity (Wildman–Crippen MR) is 94.6 cm³/mol. The van der Waals surface area contributed by atoms with Crippen LogP contribution in [0.25, 0.3) is 0 Å². The van der Waals surface area contributed by atoms with Gasteiger partial charge in [-0.15, -0.1) is 11.8 Å². The van der Waals surface area contributed by atoms with Gasteiger partial charge in [-0.2, -0.15) is 11.8 Å². The van der Waals surface area contributed by atoms with Gasteiger partial charge in [0.15, 0.2) is 0 Å². The van der Waals surface area contributed by atoms with E-state index < -0.39 is 23.3 Å². The lowest BCUT2D eigenvalue weighted by Gasteiger charge is -2.28. The van der Waals surface area contributed by atoms with Crippen LogP contribution in [0.1, 0.15) is 34.6 Å². The number of rotatable bonds is 9. The van der Waals surface area contributed by atoms with E-state index in [0.717, 1.165) is 5.75 Å². The lowest BCUT2D eigenvalue weighted by molar-refractivity contribution is -0.169. The topological polar surface area (TPSA) is 72.8 Å². The fourth-order valence-corrected chi connectivity index (χ4v) is 4.39. The van der Waals surface area contributed by atoms with Crippen molar-refractivity contribution >= 4 is 35.5 Å². The lowest BCUT2D eigenvalue weighted by Crippen LogP contribution is -2.45. The number of carbonyl (C=O) groups excluding carboxylic acids is 2. The van der Waals surface area contributed by atoms with Crippen LogP contribution in [0.15, 0.2) is 10.7 Å². The van der Waals surface area contributed by atoms with Crippen LogP contribution in [0, 0.1) is 11.8 Å². The number of aliphatic hydroxyl groups excluding tert-OH is 1. The SMILES string of the molecule is CCOC(=O)C1(CSCC(C)C)OC(=O)C(O)=C1SCC(C)C. The van der Waals surface area contributed by atoms with Gasteiger partial charge in [-0.05, 0) is 24.5 Å². The highest BCUT2D eigenvalue weighted by molar-refractivity contribution is 8.03. The molecule has 0 fully saturated rings. The fourth-order valence-electron chi connectivity index (χ4n) is 1.95. The van der Waals surface area contributed by atoms with E-state index in [-0.39, 0.29) is 17.3 Å². The van der Waals surface area contributed by atoms with Crippen molar-refractivity contribution in [2.24, 2.45) is 11.8 Å². The lowest BCUT2D eigenvalue weighted by atomic mass is 10.1. The summed E-state index contributed by atoms with van der Waals surface area (Å²) >= 11 is 2.81. The average Bonchev–Trinajstić information content (AvgIpc) is 2.69. The van der Waals surface area contributed by atoms with E-state index >= 15 is 0 Å². The number of hydrogen-bond acceptors (Lipinski definition) is 7. The maximum absolute atomic E-state index is 12.5. The minimum atomic E-state index is -1.52. The average molecular weight is 363 g/mol. The molecule has 0 bridgehead atoms. The van der Waals surface area contributed by atoms with Crippen molar-refractivity contribution in [2.45, 2.75) is 40.2 Å². The van der Waals surface area contributed by atoms with E-state index in [4.69, 9.17) is 9.47 Å². The van der Waals surface area contributed by atoms with E-state index in [1.807, 2.05) is 13.8 Å². The van der Waals surface area contributed by atoms with E-state index in [1.165, 1.54) is 23.5 Å². The largest absolute Gasteiger partial charge is 0.501 e. The Kier molecular flexibility index (Phi) is 7.80. The normalized spacial score (nSPS) is 21.3. The van der Waals surface area contributed by atoms with Gasteiger partial charge in [-0.1, -0.05) is 27.7 Å². The van der Waals surface area contributed by atoms with Crippen molar-refractivity contribution in [2.75, 3.05) is 23.9 Å². The zero-order chi connectivity index (χ0) is 17.6. The maximum Gasteiger partial charge on any atom is 0.375 e. The van der Waals surface area contributed by atoms with Gasteiger partial charge in [0.1, 0.15) is 0 Å². The number of carbonyl (C=O) groups is 2. The quantitative estimate of drug-likeness (QED) is 0.630. The Hall–Kier alpha value is -0.820. The fraction of sp³-hybridized carbons (Fsp3) is 0.750. The molecule has 0 aromatic carbocycles. The van der Waals surface area contributed by atoms with E-state index in [0.29, 0.717) is 17.6 Å². The number of aliphatic hydroxyl groups is 1. The molecule has 0 amide bonds. The number of cyclic esters (lactones) is 1. The molecule has 1 N–H and O–H groups in total. The second-order valence-electron chi connectivity index (χ2n) is 6.23. The van der Waals surface area contributed by atoms with Gasteiger partial charge >= 0.3 is 11.9 Å². The summed E-state index contributed by atoms with van der Waals surface area (Å²) in [6.07, 6.45) is 0. The zero-order valence-electron chi connectivity index (χ0n) is 14.4. The predicted octanol–water partition coefficient (Wildman–Crippen LogP) is 3.39. The first kappa shape index (κ1) is 20.2. The third kappa shape index (κ3) is 5.08. The van der Waals surface area contributed by atoms with Crippen LogP contribution < -0.4 is 0 Å². The maximum atomic E-state index is 12.5. The molecular formula is C16H26O5S2. The molecule has 0 aliphatic carbocycles. The van der Waals surface area contributed by atoms with Crippen LogP contribution in [0.5, 0.6) is 0 Å². The standard InChI is InChI=1S/C16H26O5S2/c1-6-20-15(19)16(9-22-7-10(2)3)13(23-8-11(4)5)12(17)14(18)21-16/h10-11,17H,6-9H2,1-5H3. The van der Waals surface area contributed by atoms with Gasteiger partial charge in [0, 0.05) is 11.5 Å². The summed E-state index contributed by atoms with van der Waals surface area (Å²) in [4.78, 5) is 24.7. The Bertz CT molecular complexity index is 473. The van der Waals surface area contributed by atoms with Gasteiger partial charge < -0.3 is 14.6 Å². The summed E-state index contributed by atoms with van der Waals surface area (Å²) in [5.41, 5.74) is -1.52. The molecule has 0 radical (unpaired) electrons. The zero-order valence-corrected chi connectivity index (χ0v) is 16.0. The van der Waals surface area contributed by atoms with Crippen molar-refractivity contribution in [1.82, 2.24) is 0 Å². The molecule has 0 aromatic rings. The van der Waals surface area contributed by atoms with Crippen LogP contribution in [0.2, 0.25) is 0 Å². The molecule has 1 atom stereocenters. The Morgan fingerprint density at radius 2 is 1.87 bits per heavy atom. The molecule has 1 aliphatic rings. The van der Waals surface area contributed by atoms with Gasteiger partial charge in [0.05, 0.1) is 11.5 Å². The smallest absolute Gasteiger partial charge is 0.375 e. The first-order chi connectivity index (χ1) is 10.7. The highest BCUT2D eigenvalue weighted by atomic mass is 32.2. The molecule has 0 saturated carbocycles. The van der Waals surface area contributed by atoms with Crippen LogP contribution in [-0.2, 0) is 19.1 Å². The van der Waals surface area contributed by atoms with Crippen LogP contribution in [0.4, 0.5) is 0 Å². The summed E-state index contributed by atoms with van der Waals surface area (Å²) in [5, 5.41) is 10.1. The minimum absolute atomic E-state index is 0.190.